The SMILES string of the molecule is CC(C)c1nc2ccc(Br)cc2c(=O)n1N=Cc1cccn1-c1ccc([N+](=O)[O-])cc1. The van der Waals surface area contributed by atoms with Crippen LogP contribution < -0.4 is 5.56 Å². The maximum atomic E-state index is 13.1. The number of non-ortho nitro benzene ring substituents is 1. The van der Waals surface area contributed by atoms with Crippen molar-refractivity contribution < 1.29 is 4.92 Å². The molecular formula is C22H18BrN5O3. The molecule has 0 saturated carbocycles. The summed E-state index contributed by atoms with van der Waals surface area (Å²) in [6.07, 6.45) is 3.41. The molecule has 0 aliphatic heterocycles. The van der Waals surface area contributed by atoms with E-state index >= 15 is 0 Å². The maximum absolute atomic E-state index is 13.1. The van der Waals surface area contributed by atoms with Gasteiger partial charge in [-0.15, -0.1) is 0 Å². The Morgan fingerprint density at radius 1 is 1.16 bits per heavy atom. The third kappa shape index (κ3) is 4.04. The third-order valence-electron chi connectivity index (χ3n) is 4.77. The number of hydrogen-bond acceptors (Lipinski definition) is 5. The Morgan fingerprint density at radius 3 is 2.58 bits per heavy atom. The Hall–Kier alpha value is -3.59. The largest absolute Gasteiger partial charge is 0.316 e. The van der Waals surface area contributed by atoms with E-state index in [4.69, 9.17) is 0 Å². The summed E-state index contributed by atoms with van der Waals surface area (Å²) in [7, 11) is 0. The molecule has 0 amide bonds. The molecule has 31 heavy (non-hydrogen) atoms. The fourth-order valence-electron chi connectivity index (χ4n) is 3.24. The van der Waals surface area contributed by atoms with Gasteiger partial charge >= 0.3 is 0 Å². The fraction of sp³-hybridized carbons (Fsp3) is 0.136. The van der Waals surface area contributed by atoms with Gasteiger partial charge in [0.05, 0.1) is 27.7 Å². The molecule has 9 heteroatoms. The summed E-state index contributed by atoms with van der Waals surface area (Å²) in [5.74, 6) is 0.545. The third-order valence-corrected chi connectivity index (χ3v) is 5.27. The van der Waals surface area contributed by atoms with Crippen LogP contribution in [0.5, 0.6) is 0 Å². The van der Waals surface area contributed by atoms with E-state index in [9.17, 15) is 14.9 Å². The Kier molecular flexibility index (Phi) is 5.51. The average molecular weight is 480 g/mol. The van der Waals surface area contributed by atoms with E-state index in [1.54, 1.807) is 30.5 Å². The van der Waals surface area contributed by atoms with E-state index in [2.05, 4.69) is 26.0 Å². The summed E-state index contributed by atoms with van der Waals surface area (Å²) >= 11 is 3.40. The lowest BCUT2D eigenvalue weighted by Gasteiger charge is -2.12. The number of halogens is 1. The standard InChI is InChI=1S/C22H18BrN5O3/c1-14(2)21-25-20-10-5-15(23)12-19(20)22(29)27(21)24-13-18-4-3-11-26(18)16-6-8-17(9-7-16)28(30)31/h3-14H,1-2H3. The van der Waals surface area contributed by atoms with E-state index in [1.165, 1.54) is 16.8 Å². The highest BCUT2D eigenvalue weighted by Gasteiger charge is 2.14. The molecule has 0 radical (unpaired) electrons. The molecule has 4 rings (SSSR count). The average Bonchev–Trinajstić information content (AvgIpc) is 3.22. The zero-order valence-electron chi connectivity index (χ0n) is 16.8. The highest BCUT2D eigenvalue weighted by Crippen LogP contribution is 2.20. The normalized spacial score (nSPS) is 11.6. The van der Waals surface area contributed by atoms with Crippen LogP contribution in [0.2, 0.25) is 0 Å². The van der Waals surface area contributed by atoms with Crippen LogP contribution in [0, 0.1) is 10.1 Å². The van der Waals surface area contributed by atoms with Gasteiger partial charge in [0.2, 0.25) is 0 Å². The summed E-state index contributed by atoms with van der Waals surface area (Å²) in [6, 6.07) is 15.3. The number of aromatic nitrogens is 3. The van der Waals surface area contributed by atoms with E-state index < -0.39 is 4.92 Å². The minimum Gasteiger partial charge on any atom is -0.316 e. The topological polar surface area (TPSA) is 95.3 Å². The first-order valence-corrected chi connectivity index (χ1v) is 10.3. The zero-order valence-corrected chi connectivity index (χ0v) is 18.4. The lowest BCUT2D eigenvalue weighted by atomic mass is 10.2. The van der Waals surface area contributed by atoms with Gasteiger partial charge in [-0.25, -0.2) is 4.98 Å². The molecule has 0 saturated heterocycles. The molecule has 8 nitrogen and oxygen atoms in total. The second-order valence-corrected chi connectivity index (χ2v) is 8.14. The lowest BCUT2D eigenvalue weighted by molar-refractivity contribution is -0.384. The summed E-state index contributed by atoms with van der Waals surface area (Å²) in [6.45, 7) is 3.91. The van der Waals surface area contributed by atoms with Crippen molar-refractivity contribution in [3.63, 3.8) is 0 Å². The van der Waals surface area contributed by atoms with Crippen LogP contribution in [0.15, 0.2) is 75.2 Å². The molecular weight excluding hydrogens is 462 g/mol. The van der Waals surface area contributed by atoms with Crippen LogP contribution in [-0.2, 0) is 0 Å². The summed E-state index contributed by atoms with van der Waals surface area (Å²) in [5.41, 5.74) is 1.85. The van der Waals surface area contributed by atoms with E-state index in [1.807, 2.05) is 42.8 Å². The number of nitro benzene ring substituents is 1. The maximum Gasteiger partial charge on any atom is 0.282 e. The first-order chi connectivity index (χ1) is 14.8. The summed E-state index contributed by atoms with van der Waals surface area (Å²) in [4.78, 5) is 28.2. The number of fused-ring (bicyclic) bond motifs is 1. The van der Waals surface area contributed by atoms with Crippen molar-refractivity contribution in [2.75, 3.05) is 0 Å². The summed E-state index contributed by atoms with van der Waals surface area (Å²) < 4.78 is 3.95. The molecule has 0 N–H and O–H groups in total. The predicted molar refractivity (Wildman–Crippen MR) is 123 cm³/mol. The van der Waals surface area contributed by atoms with Crippen LogP contribution in [0.4, 0.5) is 5.69 Å². The number of hydrogen-bond donors (Lipinski definition) is 0. The van der Waals surface area contributed by atoms with Crippen LogP contribution in [0.1, 0.15) is 31.3 Å². The molecule has 2 aromatic carbocycles. The van der Waals surface area contributed by atoms with Crippen molar-refractivity contribution in [1.29, 1.82) is 0 Å². The molecule has 0 aliphatic carbocycles. The van der Waals surface area contributed by atoms with Gasteiger partial charge in [-0.3, -0.25) is 14.9 Å². The monoisotopic (exact) mass is 479 g/mol. The Bertz CT molecular complexity index is 1370. The molecule has 0 aliphatic rings. The van der Waals surface area contributed by atoms with Gasteiger partial charge in [-0.2, -0.15) is 9.78 Å². The summed E-state index contributed by atoms with van der Waals surface area (Å²) in [5, 5.41) is 15.8. The van der Waals surface area contributed by atoms with E-state index in [0.717, 1.165) is 10.2 Å². The van der Waals surface area contributed by atoms with Crippen molar-refractivity contribution in [2.24, 2.45) is 5.10 Å². The van der Waals surface area contributed by atoms with Gasteiger partial charge in [0.25, 0.3) is 11.2 Å². The van der Waals surface area contributed by atoms with Gasteiger partial charge in [0.1, 0.15) is 5.82 Å². The van der Waals surface area contributed by atoms with Gasteiger partial charge < -0.3 is 4.57 Å². The molecule has 2 heterocycles. The van der Waals surface area contributed by atoms with Crippen molar-refractivity contribution in [1.82, 2.24) is 14.2 Å². The van der Waals surface area contributed by atoms with Crippen LogP contribution in [0.3, 0.4) is 0 Å². The number of nitrogens with zero attached hydrogens (tertiary/aromatic N) is 5. The quantitative estimate of drug-likeness (QED) is 0.232. The highest BCUT2D eigenvalue weighted by molar-refractivity contribution is 9.10. The van der Waals surface area contributed by atoms with E-state index in [-0.39, 0.29) is 17.2 Å². The number of nitro groups is 1. The predicted octanol–water partition coefficient (Wildman–Crippen LogP) is 4.86. The van der Waals surface area contributed by atoms with Crippen molar-refractivity contribution in [3.05, 3.63) is 97.3 Å². The van der Waals surface area contributed by atoms with Crippen LogP contribution in [0.25, 0.3) is 16.6 Å². The molecule has 2 aromatic heterocycles. The molecule has 4 aromatic rings. The van der Waals surface area contributed by atoms with Crippen LogP contribution >= 0.6 is 15.9 Å². The number of rotatable bonds is 5. The van der Waals surface area contributed by atoms with Gasteiger partial charge in [0, 0.05) is 34.4 Å². The second kappa shape index (κ2) is 8.27. The first-order valence-electron chi connectivity index (χ1n) is 9.54. The molecule has 0 atom stereocenters. The Morgan fingerprint density at radius 2 is 1.90 bits per heavy atom. The zero-order chi connectivity index (χ0) is 22.1. The van der Waals surface area contributed by atoms with Gasteiger partial charge in [0.15, 0.2) is 0 Å². The molecule has 0 bridgehead atoms. The van der Waals surface area contributed by atoms with E-state index in [0.29, 0.717) is 22.4 Å². The van der Waals surface area contributed by atoms with Crippen LogP contribution in [-0.4, -0.2) is 25.4 Å². The Labute approximate surface area is 185 Å². The molecule has 156 valence electrons. The van der Waals surface area contributed by atoms with Gasteiger partial charge in [-0.05, 0) is 42.5 Å². The molecule has 0 unspecified atom stereocenters. The van der Waals surface area contributed by atoms with Crippen molar-refractivity contribution in [3.8, 4) is 5.69 Å². The molecule has 0 fully saturated rings. The van der Waals surface area contributed by atoms with Gasteiger partial charge in [-0.1, -0.05) is 29.8 Å². The highest BCUT2D eigenvalue weighted by atomic mass is 79.9. The lowest BCUT2D eigenvalue weighted by Crippen LogP contribution is -2.23. The fourth-order valence-corrected chi connectivity index (χ4v) is 3.60. The minimum absolute atomic E-state index is 0.0145. The first kappa shape index (κ1) is 20.7. The van der Waals surface area contributed by atoms with Crippen molar-refractivity contribution in [2.45, 2.75) is 19.8 Å². The minimum atomic E-state index is -0.438. The Balaban J connectivity index is 1.79. The number of benzene rings is 2. The smallest absolute Gasteiger partial charge is 0.282 e. The second-order valence-electron chi connectivity index (χ2n) is 7.22. The molecule has 0 spiro atoms. The van der Waals surface area contributed by atoms with Crippen molar-refractivity contribution >= 4 is 38.7 Å².